The van der Waals surface area contributed by atoms with Gasteiger partial charge in [-0.3, -0.25) is 9.36 Å². The molecule has 2 heterocycles. The SMILES string of the molecule is CC(=O)n1c(-c2ccccc2)c(-c2ccccc2)c2cc3c(cc21)c1ccccc1n3C. The molecule has 0 saturated carbocycles. The van der Waals surface area contributed by atoms with Gasteiger partial charge in [0.2, 0.25) is 5.91 Å². The van der Waals surface area contributed by atoms with Crippen molar-refractivity contribution in [2.24, 2.45) is 7.05 Å². The molecule has 6 aromatic rings. The molecule has 4 aromatic carbocycles. The van der Waals surface area contributed by atoms with Crippen molar-refractivity contribution < 1.29 is 4.79 Å². The Morgan fingerprint density at radius 3 is 1.91 bits per heavy atom. The number of aryl methyl sites for hydroxylation is 1. The zero-order valence-corrected chi connectivity index (χ0v) is 18.0. The first-order valence-electron chi connectivity index (χ1n) is 10.8. The Morgan fingerprint density at radius 1 is 0.625 bits per heavy atom. The Morgan fingerprint density at radius 2 is 1.22 bits per heavy atom. The van der Waals surface area contributed by atoms with Crippen molar-refractivity contribution in [2.45, 2.75) is 6.92 Å². The maximum Gasteiger partial charge on any atom is 0.228 e. The first kappa shape index (κ1) is 18.6. The van der Waals surface area contributed by atoms with Crippen molar-refractivity contribution in [1.29, 1.82) is 0 Å². The molecule has 0 aliphatic rings. The number of para-hydroxylation sites is 1. The molecule has 0 saturated heterocycles. The average molecular weight is 415 g/mol. The molecule has 3 heteroatoms. The van der Waals surface area contributed by atoms with Crippen LogP contribution in [0.1, 0.15) is 11.7 Å². The van der Waals surface area contributed by atoms with Gasteiger partial charge in [0.15, 0.2) is 0 Å². The number of hydrogen-bond donors (Lipinski definition) is 0. The first-order chi connectivity index (χ1) is 15.6. The van der Waals surface area contributed by atoms with E-state index >= 15 is 0 Å². The summed E-state index contributed by atoms with van der Waals surface area (Å²) in [6, 6.07) is 33.5. The summed E-state index contributed by atoms with van der Waals surface area (Å²) in [5, 5.41) is 3.45. The van der Waals surface area contributed by atoms with Crippen LogP contribution in [0.5, 0.6) is 0 Å². The molecule has 0 bridgehead atoms. The summed E-state index contributed by atoms with van der Waals surface area (Å²) in [4.78, 5) is 13.1. The van der Waals surface area contributed by atoms with E-state index in [0.29, 0.717) is 0 Å². The third kappa shape index (κ3) is 2.58. The van der Waals surface area contributed by atoms with Crippen molar-refractivity contribution >= 4 is 38.6 Å². The van der Waals surface area contributed by atoms with Gasteiger partial charge in [0.1, 0.15) is 0 Å². The van der Waals surface area contributed by atoms with Crippen molar-refractivity contribution in [3.05, 3.63) is 97.1 Å². The van der Waals surface area contributed by atoms with E-state index in [4.69, 9.17) is 0 Å². The van der Waals surface area contributed by atoms with Crippen LogP contribution in [0.25, 0.3) is 55.1 Å². The van der Waals surface area contributed by atoms with Gasteiger partial charge in [0, 0.05) is 46.7 Å². The normalized spacial score (nSPS) is 11.6. The van der Waals surface area contributed by atoms with E-state index in [9.17, 15) is 4.79 Å². The van der Waals surface area contributed by atoms with Crippen molar-refractivity contribution in [3.63, 3.8) is 0 Å². The van der Waals surface area contributed by atoms with Gasteiger partial charge >= 0.3 is 0 Å². The molecule has 0 aliphatic carbocycles. The van der Waals surface area contributed by atoms with Gasteiger partial charge in [-0.1, -0.05) is 78.9 Å². The molecule has 154 valence electrons. The number of carbonyl (C=O) groups is 1. The van der Waals surface area contributed by atoms with Crippen LogP contribution in [-0.4, -0.2) is 15.0 Å². The summed E-state index contributed by atoms with van der Waals surface area (Å²) in [5.74, 6) is 0.00983. The quantitative estimate of drug-likeness (QED) is 0.292. The molecule has 0 atom stereocenters. The predicted molar refractivity (Wildman–Crippen MR) is 133 cm³/mol. The van der Waals surface area contributed by atoms with Gasteiger partial charge in [0.05, 0.1) is 11.2 Å². The number of carbonyl (C=O) groups excluding carboxylic acids is 1. The predicted octanol–water partition coefficient (Wildman–Crippen LogP) is 7.28. The second kappa shape index (κ2) is 6.96. The van der Waals surface area contributed by atoms with Crippen LogP contribution in [0, 0.1) is 0 Å². The molecular formula is C29H22N2O. The zero-order chi connectivity index (χ0) is 21.8. The largest absolute Gasteiger partial charge is 0.344 e. The minimum absolute atomic E-state index is 0.00983. The fraction of sp³-hybridized carbons (Fsp3) is 0.0690. The zero-order valence-electron chi connectivity index (χ0n) is 18.0. The van der Waals surface area contributed by atoms with Gasteiger partial charge in [-0.2, -0.15) is 0 Å². The van der Waals surface area contributed by atoms with E-state index in [-0.39, 0.29) is 5.91 Å². The van der Waals surface area contributed by atoms with E-state index < -0.39 is 0 Å². The van der Waals surface area contributed by atoms with Crippen LogP contribution < -0.4 is 0 Å². The molecule has 0 N–H and O–H groups in total. The number of rotatable bonds is 2. The number of nitrogens with zero attached hydrogens (tertiary/aromatic N) is 2. The lowest BCUT2D eigenvalue weighted by Gasteiger charge is -2.10. The Hall–Kier alpha value is -4.11. The molecule has 0 fully saturated rings. The molecule has 0 aliphatic heterocycles. The molecule has 6 rings (SSSR count). The summed E-state index contributed by atoms with van der Waals surface area (Å²) < 4.78 is 4.13. The molecule has 0 radical (unpaired) electrons. The van der Waals surface area contributed by atoms with Gasteiger partial charge in [-0.05, 0) is 29.3 Å². The summed E-state index contributed by atoms with van der Waals surface area (Å²) in [5.41, 5.74) is 7.47. The van der Waals surface area contributed by atoms with E-state index in [1.807, 2.05) is 28.8 Å². The highest BCUT2D eigenvalue weighted by Crippen LogP contribution is 2.43. The highest BCUT2D eigenvalue weighted by Gasteiger charge is 2.23. The van der Waals surface area contributed by atoms with Crippen LogP contribution in [0.4, 0.5) is 0 Å². The second-order valence-electron chi connectivity index (χ2n) is 8.27. The fourth-order valence-corrected chi connectivity index (χ4v) is 5.03. The molecule has 32 heavy (non-hydrogen) atoms. The topological polar surface area (TPSA) is 26.9 Å². The maximum atomic E-state index is 13.1. The van der Waals surface area contributed by atoms with Gasteiger partial charge < -0.3 is 4.57 Å². The van der Waals surface area contributed by atoms with E-state index in [1.54, 1.807) is 6.92 Å². The Labute approximate surface area is 186 Å². The molecule has 0 amide bonds. The maximum absolute atomic E-state index is 13.1. The number of hydrogen-bond acceptors (Lipinski definition) is 1. The van der Waals surface area contributed by atoms with E-state index in [1.165, 1.54) is 10.9 Å². The molecule has 0 unspecified atom stereocenters. The van der Waals surface area contributed by atoms with Crippen LogP contribution >= 0.6 is 0 Å². The summed E-state index contributed by atoms with van der Waals surface area (Å²) >= 11 is 0. The monoisotopic (exact) mass is 414 g/mol. The summed E-state index contributed by atoms with van der Waals surface area (Å²) in [7, 11) is 2.11. The van der Waals surface area contributed by atoms with Crippen LogP contribution in [-0.2, 0) is 7.05 Å². The van der Waals surface area contributed by atoms with Gasteiger partial charge in [0.25, 0.3) is 0 Å². The number of aromatic nitrogens is 2. The van der Waals surface area contributed by atoms with Crippen molar-refractivity contribution in [3.8, 4) is 22.4 Å². The summed E-state index contributed by atoms with van der Waals surface area (Å²) in [6.45, 7) is 1.65. The third-order valence-electron chi connectivity index (χ3n) is 6.43. The summed E-state index contributed by atoms with van der Waals surface area (Å²) in [6.07, 6.45) is 0. The third-order valence-corrected chi connectivity index (χ3v) is 6.43. The van der Waals surface area contributed by atoms with E-state index in [0.717, 1.165) is 44.2 Å². The van der Waals surface area contributed by atoms with Crippen LogP contribution in [0.3, 0.4) is 0 Å². The Balaban J connectivity index is 1.86. The van der Waals surface area contributed by atoms with Crippen molar-refractivity contribution in [2.75, 3.05) is 0 Å². The fourth-order valence-electron chi connectivity index (χ4n) is 5.03. The molecular weight excluding hydrogens is 392 g/mol. The number of benzene rings is 4. The standard InChI is InChI=1S/C29H22N2O/c1-19(32)31-27-17-23-22-15-9-10-16-25(22)30(2)26(23)18-24(27)28(20-11-5-3-6-12-20)29(31)21-13-7-4-8-14-21/h3-18H,1-2H3. The molecule has 2 aromatic heterocycles. The van der Waals surface area contributed by atoms with Crippen molar-refractivity contribution in [1.82, 2.24) is 9.13 Å². The molecule has 3 nitrogen and oxygen atoms in total. The highest BCUT2D eigenvalue weighted by atomic mass is 16.1. The minimum atomic E-state index is 0.00983. The lowest BCUT2D eigenvalue weighted by Crippen LogP contribution is -2.07. The van der Waals surface area contributed by atoms with Gasteiger partial charge in [-0.15, -0.1) is 0 Å². The molecule has 0 spiro atoms. The number of fused-ring (bicyclic) bond motifs is 4. The average Bonchev–Trinajstić information content (AvgIpc) is 3.32. The second-order valence-corrected chi connectivity index (χ2v) is 8.27. The highest BCUT2D eigenvalue weighted by molar-refractivity contribution is 6.18. The lowest BCUT2D eigenvalue weighted by atomic mass is 9.98. The van der Waals surface area contributed by atoms with E-state index in [2.05, 4.69) is 84.4 Å². The lowest BCUT2D eigenvalue weighted by molar-refractivity contribution is 0.0943. The van der Waals surface area contributed by atoms with Gasteiger partial charge in [-0.25, -0.2) is 0 Å². The van der Waals surface area contributed by atoms with Crippen LogP contribution in [0.15, 0.2) is 97.1 Å². The minimum Gasteiger partial charge on any atom is -0.344 e. The van der Waals surface area contributed by atoms with Crippen LogP contribution in [0.2, 0.25) is 0 Å². The Kier molecular flexibility index (Phi) is 4.05. The first-order valence-corrected chi connectivity index (χ1v) is 10.8. The smallest absolute Gasteiger partial charge is 0.228 e. The Bertz CT molecular complexity index is 1640.